The molecule has 0 amide bonds. The van der Waals surface area contributed by atoms with E-state index in [2.05, 4.69) is 266 Å². The molecule has 0 radical (unpaired) electrons. The Morgan fingerprint density at radius 3 is 1.14 bits per heavy atom. The van der Waals surface area contributed by atoms with Gasteiger partial charge in [-0.1, -0.05) is 212 Å². The molecule has 0 unspecified atom stereocenters. The lowest BCUT2D eigenvalue weighted by Crippen LogP contribution is -2.11. The molecule has 0 fully saturated rings. The van der Waals surface area contributed by atoms with Crippen molar-refractivity contribution in [1.82, 2.24) is 0 Å². The van der Waals surface area contributed by atoms with Crippen LogP contribution in [0.2, 0.25) is 0 Å². The third-order valence-corrected chi connectivity index (χ3v) is 13.0. The van der Waals surface area contributed by atoms with Crippen molar-refractivity contribution < 1.29 is 0 Å². The molecule has 12 aromatic carbocycles. The van der Waals surface area contributed by atoms with Crippen molar-refractivity contribution in [3.63, 3.8) is 0 Å². The molecular formula is C64H43N. The molecule has 0 spiro atoms. The van der Waals surface area contributed by atoms with Crippen LogP contribution in [0.1, 0.15) is 0 Å². The smallest absolute Gasteiger partial charge is 0.0546 e. The summed E-state index contributed by atoms with van der Waals surface area (Å²) in [5.41, 5.74) is 15.2. The number of benzene rings is 12. The quantitative estimate of drug-likeness (QED) is 0.138. The molecule has 0 heterocycles. The molecule has 0 saturated heterocycles. The SMILES string of the molecule is c1ccc(-c2cccc(-c3ccc(N(c4ccc(-c5cc6ccccc6c6ccccc56)cc4)c4cc(-c5cc6ccccc6c6ccccc56)ccc4-c4ccccc4)cc3)c2)cc1. The molecule has 0 aliphatic heterocycles. The Morgan fingerprint density at radius 2 is 0.585 bits per heavy atom. The summed E-state index contributed by atoms with van der Waals surface area (Å²) in [6.07, 6.45) is 0. The van der Waals surface area contributed by atoms with Gasteiger partial charge in [-0.05, 0) is 142 Å². The first kappa shape index (κ1) is 38.2. The zero-order chi connectivity index (χ0) is 43.1. The van der Waals surface area contributed by atoms with Crippen LogP contribution in [0.5, 0.6) is 0 Å². The van der Waals surface area contributed by atoms with E-state index in [0.29, 0.717) is 0 Å². The molecule has 1 nitrogen and oxygen atoms in total. The average molecular weight is 826 g/mol. The van der Waals surface area contributed by atoms with Crippen molar-refractivity contribution in [2.75, 3.05) is 4.90 Å². The molecule has 0 saturated carbocycles. The fourth-order valence-electron chi connectivity index (χ4n) is 9.86. The highest BCUT2D eigenvalue weighted by Crippen LogP contribution is 2.46. The van der Waals surface area contributed by atoms with Crippen LogP contribution in [-0.2, 0) is 0 Å². The van der Waals surface area contributed by atoms with E-state index in [1.165, 1.54) is 87.6 Å². The minimum atomic E-state index is 1.08. The third-order valence-electron chi connectivity index (χ3n) is 13.0. The minimum absolute atomic E-state index is 1.08. The highest BCUT2D eigenvalue weighted by molar-refractivity contribution is 6.15. The Bertz CT molecular complexity index is 3680. The van der Waals surface area contributed by atoms with Gasteiger partial charge in [0, 0.05) is 16.9 Å². The van der Waals surface area contributed by atoms with E-state index >= 15 is 0 Å². The van der Waals surface area contributed by atoms with Crippen molar-refractivity contribution in [3.05, 3.63) is 261 Å². The van der Waals surface area contributed by atoms with E-state index in [4.69, 9.17) is 0 Å². The topological polar surface area (TPSA) is 3.24 Å². The van der Waals surface area contributed by atoms with E-state index < -0.39 is 0 Å². The van der Waals surface area contributed by atoms with E-state index in [1.807, 2.05) is 0 Å². The van der Waals surface area contributed by atoms with Gasteiger partial charge in [-0.3, -0.25) is 0 Å². The number of rotatable bonds is 8. The highest BCUT2D eigenvalue weighted by atomic mass is 15.1. The summed E-state index contributed by atoms with van der Waals surface area (Å²) in [6, 6.07) is 95.4. The number of fused-ring (bicyclic) bond motifs is 6. The van der Waals surface area contributed by atoms with Gasteiger partial charge < -0.3 is 4.90 Å². The summed E-state index contributed by atoms with van der Waals surface area (Å²) >= 11 is 0. The van der Waals surface area contributed by atoms with Crippen LogP contribution in [0.15, 0.2) is 261 Å². The molecule has 0 bridgehead atoms. The Morgan fingerprint density at radius 1 is 0.200 bits per heavy atom. The lowest BCUT2D eigenvalue weighted by molar-refractivity contribution is 1.28. The lowest BCUT2D eigenvalue weighted by atomic mass is 9.91. The Labute approximate surface area is 379 Å². The van der Waals surface area contributed by atoms with Crippen LogP contribution in [0, 0.1) is 0 Å². The molecule has 0 N–H and O–H groups in total. The van der Waals surface area contributed by atoms with Crippen LogP contribution in [0.25, 0.3) is 98.7 Å². The van der Waals surface area contributed by atoms with Gasteiger partial charge in [0.2, 0.25) is 0 Å². The summed E-state index contributed by atoms with van der Waals surface area (Å²) < 4.78 is 0. The molecule has 304 valence electrons. The first-order valence-corrected chi connectivity index (χ1v) is 22.4. The molecule has 0 aromatic heterocycles. The maximum Gasteiger partial charge on any atom is 0.0546 e. The maximum absolute atomic E-state index is 2.45. The lowest BCUT2D eigenvalue weighted by Gasteiger charge is -2.29. The predicted octanol–water partition coefficient (Wildman–Crippen LogP) is 18.1. The second kappa shape index (κ2) is 16.3. The van der Waals surface area contributed by atoms with Crippen LogP contribution < -0.4 is 4.90 Å². The van der Waals surface area contributed by atoms with Crippen molar-refractivity contribution in [2.24, 2.45) is 0 Å². The van der Waals surface area contributed by atoms with Crippen molar-refractivity contribution in [3.8, 4) is 55.6 Å². The van der Waals surface area contributed by atoms with E-state index in [1.54, 1.807) is 0 Å². The second-order valence-electron chi connectivity index (χ2n) is 16.9. The number of hydrogen-bond donors (Lipinski definition) is 0. The molecule has 0 atom stereocenters. The zero-order valence-corrected chi connectivity index (χ0v) is 35.8. The van der Waals surface area contributed by atoms with E-state index in [-0.39, 0.29) is 0 Å². The predicted molar refractivity (Wildman–Crippen MR) is 278 cm³/mol. The number of nitrogens with zero attached hydrogens (tertiary/aromatic N) is 1. The van der Waals surface area contributed by atoms with Crippen molar-refractivity contribution in [2.45, 2.75) is 0 Å². The van der Waals surface area contributed by atoms with Crippen LogP contribution in [0.3, 0.4) is 0 Å². The standard InChI is InChI=1S/C64H43N/c1-3-16-44(17-4-1)48-22-15-23-49(40-48)45-30-35-53(36-31-45)65(54-37-32-47(33-38-54)62-41-50-20-7-9-24-55(50)58-26-11-13-28-60(58)62)64-43-52(34-39-57(64)46-18-5-2-6-19-46)63-42-51-21-8-10-25-56(51)59-27-12-14-29-61(59)63/h1-43H. The normalized spacial score (nSPS) is 11.4. The first-order valence-electron chi connectivity index (χ1n) is 22.4. The van der Waals surface area contributed by atoms with Crippen molar-refractivity contribution in [1.29, 1.82) is 0 Å². The molecule has 65 heavy (non-hydrogen) atoms. The Kier molecular flexibility index (Phi) is 9.58. The van der Waals surface area contributed by atoms with Crippen LogP contribution >= 0.6 is 0 Å². The minimum Gasteiger partial charge on any atom is -0.310 e. The number of anilines is 3. The largest absolute Gasteiger partial charge is 0.310 e. The van der Waals surface area contributed by atoms with Crippen LogP contribution in [0.4, 0.5) is 17.1 Å². The van der Waals surface area contributed by atoms with Gasteiger partial charge >= 0.3 is 0 Å². The van der Waals surface area contributed by atoms with Gasteiger partial charge in [-0.15, -0.1) is 0 Å². The van der Waals surface area contributed by atoms with E-state index in [9.17, 15) is 0 Å². The van der Waals surface area contributed by atoms with E-state index in [0.717, 1.165) is 28.2 Å². The summed E-state index contributed by atoms with van der Waals surface area (Å²) in [5, 5.41) is 10.0. The summed E-state index contributed by atoms with van der Waals surface area (Å²) in [7, 11) is 0. The van der Waals surface area contributed by atoms with Gasteiger partial charge in [0.05, 0.1) is 5.69 Å². The zero-order valence-electron chi connectivity index (χ0n) is 35.8. The Balaban J connectivity index is 1.05. The second-order valence-corrected chi connectivity index (χ2v) is 16.9. The maximum atomic E-state index is 2.45. The summed E-state index contributed by atoms with van der Waals surface area (Å²) in [5.74, 6) is 0. The number of hydrogen-bond acceptors (Lipinski definition) is 1. The van der Waals surface area contributed by atoms with Gasteiger partial charge in [0.15, 0.2) is 0 Å². The van der Waals surface area contributed by atoms with Gasteiger partial charge in [-0.25, -0.2) is 0 Å². The van der Waals surface area contributed by atoms with Crippen LogP contribution in [-0.4, -0.2) is 0 Å². The molecule has 12 aromatic rings. The van der Waals surface area contributed by atoms with Gasteiger partial charge in [-0.2, -0.15) is 0 Å². The third kappa shape index (κ3) is 7.01. The highest BCUT2D eigenvalue weighted by Gasteiger charge is 2.21. The summed E-state index contributed by atoms with van der Waals surface area (Å²) in [4.78, 5) is 2.45. The van der Waals surface area contributed by atoms with Gasteiger partial charge in [0.25, 0.3) is 0 Å². The molecule has 0 aliphatic rings. The fraction of sp³-hybridized carbons (Fsp3) is 0. The molecule has 0 aliphatic carbocycles. The average Bonchev–Trinajstić information content (AvgIpc) is 3.39. The van der Waals surface area contributed by atoms with Crippen molar-refractivity contribution >= 4 is 60.2 Å². The molecule has 12 rings (SSSR count). The fourth-order valence-corrected chi connectivity index (χ4v) is 9.86. The van der Waals surface area contributed by atoms with Gasteiger partial charge in [0.1, 0.15) is 0 Å². The monoisotopic (exact) mass is 825 g/mol. The Hall–Kier alpha value is -8.52. The molecular weight excluding hydrogens is 783 g/mol. The summed E-state index contributed by atoms with van der Waals surface area (Å²) in [6.45, 7) is 0. The first-order chi connectivity index (χ1) is 32.2. The molecule has 1 heteroatoms.